The number of hydrogen-bond donors (Lipinski definition) is 1. The molecule has 1 aliphatic rings. The molecule has 1 unspecified atom stereocenters. The Hall–Kier alpha value is -2.26. The van der Waals surface area contributed by atoms with E-state index in [4.69, 9.17) is 14.6 Å². The van der Waals surface area contributed by atoms with Crippen LogP contribution in [0, 0.1) is 0 Å². The fourth-order valence-corrected chi connectivity index (χ4v) is 4.23. The van der Waals surface area contributed by atoms with Crippen LogP contribution in [-0.4, -0.2) is 39.7 Å². The largest absolute Gasteiger partial charge is 0.494 e. The van der Waals surface area contributed by atoms with Crippen molar-refractivity contribution in [3.05, 3.63) is 52.2 Å². The topological polar surface area (TPSA) is 78.3 Å². The molecule has 1 aromatic heterocycles. The van der Waals surface area contributed by atoms with E-state index < -0.39 is 12.0 Å². The number of esters is 1. The molecule has 9 heteroatoms. The molecular formula is C21H25BrN4O3S. The van der Waals surface area contributed by atoms with E-state index in [1.165, 1.54) is 0 Å². The second kappa shape index (κ2) is 10.2. The van der Waals surface area contributed by atoms with Gasteiger partial charge >= 0.3 is 5.97 Å². The van der Waals surface area contributed by atoms with E-state index in [0.29, 0.717) is 34.7 Å². The number of carbonyl (C=O) groups is 1. The maximum absolute atomic E-state index is 13.0. The molecule has 2 heterocycles. The Bertz CT molecular complexity index is 973. The average molecular weight is 493 g/mol. The molecule has 0 aliphatic carbocycles. The number of nitrogens with zero attached hydrogens (tertiary/aromatic N) is 3. The highest BCUT2D eigenvalue weighted by molar-refractivity contribution is 9.10. The van der Waals surface area contributed by atoms with Gasteiger partial charge in [-0.05, 0) is 38.5 Å². The van der Waals surface area contributed by atoms with Crippen LogP contribution in [-0.2, 0) is 9.53 Å². The minimum Gasteiger partial charge on any atom is -0.494 e. The van der Waals surface area contributed by atoms with Crippen LogP contribution < -0.4 is 10.1 Å². The lowest BCUT2D eigenvalue weighted by Gasteiger charge is -2.29. The van der Waals surface area contributed by atoms with Gasteiger partial charge in [0, 0.05) is 21.5 Å². The van der Waals surface area contributed by atoms with Gasteiger partial charge in [0.2, 0.25) is 11.1 Å². The first-order valence-corrected chi connectivity index (χ1v) is 11.5. The number of anilines is 1. The predicted octanol–water partition coefficient (Wildman–Crippen LogP) is 4.96. The lowest BCUT2D eigenvalue weighted by Crippen LogP contribution is -2.30. The van der Waals surface area contributed by atoms with Gasteiger partial charge in [0.1, 0.15) is 18.4 Å². The number of halogens is 1. The molecule has 1 N–H and O–H groups in total. The molecular weight excluding hydrogens is 468 g/mol. The van der Waals surface area contributed by atoms with Crippen LogP contribution in [0.2, 0.25) is 0 Å². The summed E-state index contributed by atoms with van der Waals surface area (Å²) in [5.74, 6) is 1.74. The minimum atomic E-state index is -0.541. The van der Waals surface area contributed by atoms with Crippen molar-refractivity contribution >= 4 is 39.6 Å². The van der Waals surface area contributed by atoms with E-state index >= 15 is 0 Å². The molecule has 160 valence electrons. The molecule has 1 aliphatic heterocycles. The lowest BCUT2D eigenvalue weighted by molar-refractivity contribution is -0.138. The van der Waals surface area contributed by atoms with E-state index in [1.807, 2.05) is 32.0 Å². The molecule has 1 aromatic carbocycles. The molecule has 0 saturated carbocycles. The quantitative estimate of drug-likeness (QED) is 0.301. The Labute approximate surface area is 189 Å². The molecule has 7 nitrogen and oxygen atoms in total. The third-order valence-electron chi connectivity index (χ3n) is 4.39. The fourth-order valence-electron chi connectivity index (χ4n) is 3.17. The van der Waals surface area contributed by atoms with Crippen molar-refractivity contribution in [2.75, 3.05) is 24.3 Å². The van der Waals surface area contributed by atoms with Gasteiger partial charge in [-0.3, -0.25) is 0 Å². The van der Waals surface area contributed by atoms with Crippen molar-refractivity contribution < 1.29 is 14.3 Å². The second-order valence-electron chi connectivity index (χ2n) is 6.58. The van der Waals surface area contributed by atoms with E-state index in [-0.39, 0.29) is 6.61 Å². The number of carbonyl (C=O) groups excluding carboxylic acids is 1. The number of rotatable bonds is 9. The number of fused-ring (bicyclic) bond motifs is 1. The third-order valence-corrected chi connectivity index (χ3v) is 5.92. The molecule has 3 rings (SSSR count). The Kier molecular flexibility index (Phi) is 7.60. The van der Waals surface area contributed by atoms with Gasteiger partial charge in [-0.1, -0.05) is 47.3 Å². The van der Waals surface area contributed by atoms with Crippen molar-refractivity contribution in [1.29, 1.82) is 0 Å². The summed E-state index contributed by atoms with van der Waals surface area (Å²) in [6.45, 7) is 10.1. The highest BCUT2D eigenvalue weighted by Gasteiger charge is 2.37. The first kappa shape index (κ1) is 22.4. The summed E-state index contributed by atoms with van der Waals surface area (Å²) in [4.78, 5) is 17.6. The van der Waals surface area contributed by atoms with Crippen LogP contribution in [0.25, 0.3) is 0 Å². The highest BCUT2D eigenvalue weighted by atomic mass is 79.9. The third kappa shape index (κ3) is 4.73. The summed E-state index contributed by atoms with van der Waals surface area (Å²) in [5, 5.41) is 8.56. The van der Waals surface area contributed by atoms with Crippen molar-refractivity contribution in [2.24, 2.45) is 0 Å². The van der Waals surface area contributed by atoms with Gasteiger partial charge in [0.25, 0.3) is 0 Å². The number of ether oxygens (including phenoxy) is 2. The molecule has 0 bridgehead atoms. The van der Waals surface area contributed by atoms with Crippen molar-refractivity contribution in [3.63, 3.8) is 0 Å². The Morgan fingerprint density at radius 1 is 1.43 bits per heavy atom. The molecule has 0 saturated heterocycles. The van der Waals surface area contributed by atoms with Crippen LogP contribution in [0.5, 0.6) is 5.75 Å². The normalized spacial score (nSPS) is 15.4. The summed E-state index contributed by atoms with van der Waals surface area (Å²) in [6, 6.07) is 5.20. The monoisotopic (exact) mass is 492 g/mol. The van der Waals surface area contributed by atoms with E-state index in [1.54, 1.807) is 22.5 Å². The highest BCUT2D eigenvalue weighted by Crippen LogP contribution is 2.41. The molecule has 0 radical (unpaired) electrons. The number of thioether (sulfide) groups is 1. The average Bonchev–Trinajstić information content (AvgIpc) is 3.13. The number of allylic oxidation sites excluding steroid dienone is 1. The molecule has 0 fully saturated rings. The molecule has 2 aromatic rings. The molecule has 0 amide bonds. The van der Waals surface area contributed by atoms with Crippen molar-refractivity contribution in [2.45, 2.75) is 38.4 Å². The van der Waals surface area contributed by atoms with Crippen molar-refractivity contribution in [3.8, 4) is 5.75 Å². The second-order valence-corrected chi connectivity index (χ2v) is 8.56. The van der Waals surface area contributed by atoms with E-state index in [0.717, 1.165) is 22.2 Å². The van der Waals surface area contributed by atoms with Crippen LogP contribution >= 0.6 is 27.7 Å². The lowest BCUT2D eigenvalue weighted by atomic mass is 9.95. The Balaban J connectivity index is 2.16. The SMILES string of the molecule is C=CCOC(=O)C1=C(C)Nc2nc(SCCC)nn2C1c1cc(Br)ccc1OCC. The summed E-state index contributed by atoms with van der Waals surface area (Å²) in [6.07, 6.45) is 2.56. The van der Waals surface area contributed by atoms with Gasteiger partial charge in [0.15, 0.2) is 0 Å². The fraction of sp³-hybridized carbons (Fsp3) is 0.381. The predicted molar refractivity (Wildman–Crippen MR) is 122 cm³/mol. The molecule has 1 atom stereocenters. The van der Waals surface area contributed by atoms with E-state index in [2.05, 4.69) is 39.7 Å². The number of nitrogens with one attached hydrogen (secondary N) is 1. The van der Waals surface area contributed by atoms with Crippen LogP contribution in [0.15, 0.2) is 51.8 Å². The first-order valence-electron chi connectivity index (χ1n) is 9.77. The summed E-state index contributed by atoms with van der Waals surface area (Å²) < 4.78 is 13.9. The van der Waals surface area contributed by atoms with Crippen molar-refractivity contribution in [1.82, 2.24) is 14.8 Å². The Morgan fingerprint density at radius 2 is 2.23 bits per heavy atom. The van der Waals surface area contributed by atoms with Gasteiger partial charge in [-0.2, -0.15) is 4.98 Å². The summed E-state index contributed by atoms with van der Waals surface area (Å²) in [7, 11) is 0. The summed E-state index contributed by atoms with van der Waals surface area (Å²) in [5.41, 5.74) is 1.93. The number of aromatic nitrogens is 3. The Morgan fingerprint density at radius 3 is 2.93 bits per heavy atom. The zero-order chi connectivity index (χ0) is 21.7. The summed E-state index contributed by atoms with van der Waals surface area (Å²) >= 11 is 5.12. The zero-order valence-electron chi connectivity index (χ0n) is 17.3. The smallest absolute Gasteiger partial charge is 0.338 e. The van der Waals surface area contributed by atoms with Gasteiger partial charge in [-0.25, -0.2) is 9.48 Å². The zero-order valence-corrected chi connectivity index (χ0v) is 19.7. The molecule has 0 spiro atoms. The van der Waals surface area contributed by atoms with Gasteiger partial charge in [0.05, 0.1) is 12.2 Å². The van der Waals surface area contributed by atoms with Gasteiger partial charge in [-0.15, -0.1) is 5.10 Å². The number of hydrogen-bond acceptors (Lipinski definition) is 7. The van der Waals surface area contributed by atoms with E-state index in [9.17, 15) is 4.79 Å². The van der Waals surface area contributed by atoms with Crippen LogP contribution in [0.4, 0.5) is 5.95 Å². The standard InChI is InChI=1S/C21H25BrN4O3S/c1-5-10-29-19(27)17-13(4)23-20-24-21(30-11-6-2)25-26(20)18(17)15-12-14(22)8-9-16(15)28-7-3/h5,8-9,12,18H,1,6-7,10-11H2,2-4H3,(H,23,24,25). The van der Waals surface area contributed by atoms with Crippen LogP contribution in [0.3, 0.4) is 0 Å². The molecule has 30 heavy (non-hydrogen) atoms. The maximum atomic E-state index is 13.0. The van der Waals surface area contributed by atoms with Gasteiger partial charge < -0.3 is 14.8 Å². The van der Waals surface area contributed by atoms with Crippen LogP contribution in [0.1, 0.15) is 38.8 Å². The minimum absolute atomic E-state index is 0.126. The maximum Gasteiger partial charge on any atom is 0.338 e. The number of benzene rings is 1. The first-order chi connectivity index (χ1) is 14.5.